The quantitative estimate of drug-likeness (QED) is 0.511. The van der Waals surface area contributed by atoms with E-state index in [0.29, 0.717) is 28.0 Å². The van der Waals surface area contributed by atoms with Gasteiger partial charge in [0.05, 0.1) is 16.9 Å². The minimum atomic E-state index is -0.399. The molecule has 3 aromatic rings. The number of benzene rings is 1. The molecular weight excluding hydrogens is 283 g/mol. The van der Waals surface area contributed by atoms with Crippen LogP contribution in [0.4, 0.5) is 21.7 Å². The minimum Gasteiger partial charge on any atom is -0.336 e. The van der Waals surface area contributed by atoms with Gasteiger partial charge in [0, 0.05) is 12.4 Å². The van der Waals surface area contributed by atoms with E-state index in [1.807, 2.05) is 0 Å². The molecule has 1 aromatic carbocycles. The third-order valence-electron chi connectivity index (χ3n) is 2.70. The zero-order chi connectivity index (χ0) is 14.1. The standard InChI is InChI=1S/C12H10ClFN6/c13-8-2-1-7(14)5-9(8)17-11-12-16-3-4-20(12)6-10(18-11)19-15/h1-6,19H,15H2,(H,17,18). The maximum atomic E-state index is 13.3. The highest BCUT2D eigenvalue weighted by molar-refractivity contribution is 6.33. The number of hydrogen-bond acceptors (Lipinski definition) is 5. The van der Waals surface area contributed by atoms with Crippen LogP contribution in [0.5, 0.6) is 0 Å². The molecule has 0 bridgehead atoms. The summed E-state index contributed by atoms with van der Waals surface area (Å²) in [5.74, 6) is 5.82. The number of aromatic nitrogens is 3. The molecule has 0 saturated carbocycles. The second kappa shape index (κ2) is 4.95. The van der Waals surface area contributed by atoms with Crippen LogP contribution in [0.1, 0.15) is 0 Å². The Kier molecular flexibility index (Phi) is 3.13. The highest BCUT2D eigenvalue weighted by Gasteiger charge is 2.10. The SMILES string of the molecule is NNc1cn2ccnc2c(Nc2cc(F)ccc2Cl)n1. The number of halogens is 2. The zero-order valence-corrected chi connectivity index (χ0v) is 10.9. The molecule has 0 fully saturated rings. The summed E-state index contributed by atoms with van der Waals surface area (Å²) < 4.78 is 15.0. The maximum Gasteiger partial charge on any atom is 0.180 e. The molecule has 0 radical (unpaired) electrons. The topological polar surface area (TPSA) is 80.3 Å². The third-order valence-corrected chi connectivity index (χ3v) is 3.03. The van der Waals surface area contributed by atoms with Gasteiger partial charge in [-0.1, -0.05) is 11.6 Å². The van der Waals surface area contributed by atoms with Gasteiger partial charge in [0.15, 0.2) is 17.3 Å². The smallest absolute Gasteiger partial charge is 0.180 e. The normalized spacial score (nSPS) is 10.8. The Labute approximate surface area is 118 Å². The van der Waals surface area contributed by atoms with Crippen molar-refractivity contribution >= 4 is 34.6 Å². The highest BCUT2D eigenvalue weighted by atomic mass is 35.5. The first-order valence-electron chi connectivity index (χ1n) is 5.70. The van der Waals surface area contributed by atoms with Crippen molar-refractivity contribution in [2.24, 2.45) is 5.84 Å². The van der Waals surface area contributed by atoms with Crippen LogP contribution in [0, 0.1) is 5.82 Å². The molecule has 20 heavy (non-hydrogen) atoms. The lowest BCUT2D eigenvalue weighted by atomic mass is 10.3. The number of nitrogen functional groups attached to an aromatic ring is 1. The van der Waals surface area contributed by atoms with Crippen LogP contribution >= 0.6 is 11.6 Å². The zero-order valence-electron chi connectivity index (χ0n) is 10.1. The summed E-state index contributed by atoms with van der Waals surface area (Å²) in [6.45, 7) is 0. The molecule has 0 amide bonds. The first kappa shape index (κ1) is 12.6. The number of anilines is 3. The Morgan fingerprint density at radius 2 is 2.20 bits per heavy atom. The van der Waals surface area contributed by atoms with Gasteiger partial charge < -0.3 is 15.1 Å². The van der Waals surface area contributed by atoms with Gasteiger partial charge in [-0.15, -0.1) is 0 Å². The molecule has 8 heteroatoms. The van der Waals surface area contributed by atoms with Gasteiger partial charge in [0.2, 0.25) is 0 Å². The molecule has 102 valence electrons. The van der Waals surface area contributed by atoms with E-state index in [1.54, 1.807) is 23.0 Å². The molecule has 4 N–H and O–H groups in total. The average molecular weight is 293 g/mol. The van der Waals surface area contributed by atoms with E-state index >= 15 is 0 Å². The summed E-state index contributed by atoms with van der Waals surface area (Å²) in [7, 11) is 0. The van der Waals surface area contributed by atoms with E-state index in [0.717, 1.165) is 0 Å². The highest BCUT2D eigenvalue weighted by Crippen LogP contribution is 2.27. The van der Waals surface area contributed by atoms with Crippen LogP contribution in [0.2, 0.25) is 5.02 Å². The summed E-state index contributed by atoms with van der Waals surface area (Å²) in [6, 6.07) is 4.03. The minimum absolute atomic E-state index is 0.379. The molecule has 0 spiro atoms. The fourth-order valence-corrected chi connectivity index (χ4v) is 1.97. The van der Waals surface area contributed by atoms with Gasteiger partial charge in [-0.25, -0.2) is 20.2 Å². The van der Waals surface area contributed by atoms with Crippen LogP contribution in [-0.2, 0) is 0 Å². The predicted octanol–water partition coefficient (Wildman–Crippen LogP) is 2.55. The largest absolute Gasteiger partial charge is 0.336 e. The average Bonchev–Trinajstić information content (AvgIpc) is 2.91. The number of nitrogens with two attached hydrogens (primary N) is 1. The molecule has 0 unspecified atom stereocenters. The molecular formula is C12H10ClFN6. The molecule has 0 atom stereocenters. The van der Waals surface area contributed by atoms with Crippen molar-refractivity contribution in [1.82, 2.24) is 14.4 Å². The van der Waals surface area contributed by atoms with E-state index in [1.165, 1.54) is 18.2 Å². The van der Waals surface area contributed by atoms with E-state index < -0.39 is 5.82 Å². The lowest BCUT2D eigenvalue weighted by molar-refractivity contribution is 0.628. The lowest BCUT2D eigenvalue weighted by Crippen LogP contribution is -2.11. The second-order valence-corrected chi connectivity index (χ2v) is 4.43. The number of rotatable bonds is 3. The van der Waals surface area contributed by atoms with Crippen LogP contribution < -0.4 is 16.6 Å². The first-order valence-corrected chi connectivity index (χ1v) is 6.07. The van der Waals surface area contributed by atoms with Gasteiger partial charge in [-0.05, 0) is 18.2 Å². The van der Waals surface area contributed by atoms with E-state index in [2.05, 4.69) is 20.7 Å². The summed E-state index contributed by atoms with van der Waals surface area (Å²) >= 11 is 6.02. The van der Waals surface area contributed by atoms with Gasteiger partial charge in [-0.2, -0.15) is 0 Å². The van der Waals surface area contributed by atoms with Gasteiger partial charge in [-0.3, -0.25) is 0 Å². The molecule has 0 aliphatic carbocycles. The Morgan fingerprint density at radius 3 is 3.00 bits per heavy atom. The van der Waals surface area contributed by atoms with Gasteiger partial charge >= 0.3 is 0 Å². The summed E-state index contributed by atoms with van der Waals surface area (Å²) in [5.41, 5.74) is 3.43. The number of nitrogens with zero attached hydrogens (tertiary/aromatic N) is 3. The van der Waals surface area contributed by atoms with E-state index in [9.17, 15) is 4.39 Å². The molecule has 3 rings (SSSR count). The third kappa shape index (κ3) is 2.24. The van der Waals surface area contributed by atoms with Crippen LogP contribution in [0.25, 0.3) is 5.65 Å². The molecule has 0 aliphatic heterocycles. The number of hydrazine groups is 1. The maximum absolute atomic E-state index is 13.3. The fourth-order valence-electron chi connectivity index (χ4n) is 1.81. The van der Waals surface area contributed by atoms with Crippen molar-refractivity contribution in [3.05, 3.63) is 47.6 Å². The molecule has 0 aliphatic rings. The van der Waals surface area contributed by atoms with Crippen molar-refractivity contribution in [2.45, 2.75) is 0 Å². The fraction of sp³-hybridized carbons (Fsp3) is 0. The number of fused-ring (bicyclic) bond motifs is 1. The Hall–Kier alpha value is -2.38. The first-order chi connectivity index (χ1) is 9.67. The Bertz CT molecular complexity index is 772. The summed E-state index contributed by atoms with van der Waals surface area (Å²) in [4.78, 5) is 8.42. The number of imidazole rings is 1. The van der Waals surface area contributed by atoms with Crippen molar-refractivity contribution in [3.8, 4) is 0 Å². The molecule has 2 heterocycles. The predicted molar refractivity (Wildman–Crippen MR) is 75.5 cm³/mol. The molecule has 2 aromatic heterocycles. The van der Waals surface area contributed by atoms with Crippen LogP contribution in [0.3, 0.4) is 0 Å². The summed E-state index contributed by atoms with van der Waals surface area (Å²) in [6.07, 6.45) is 5.05. The van der Waals surface area contributed by atoms with Gasteiger partial charge in [0.25, 0.3) is 0 Å². The van der Waals surface area contributed by atoms with E-state index in [4.69, 9.17) is 17.4 Å². The van der Waals surface area contributed by atoms with Crippen LogP contribution in [-0.4, -0.2) is 14.4 Å². The lowest BCUT2D eigenvalue weighted by Gasteiger charge is -2.10. The monoisotopic (exact) mass is 292 g/mol. The van der Waals surface area contributed by atoms with Gasteiger partial charge in [0.1, 0.15) is 5.82 Å². The van der Waals surface area contributed by atoms with Crippen molar-refractivity contribution in [1.29, 1.82) is 0 Å². The molecule has 6 nitrogen and oxygen atoms in total. The van der Waals surface area contributed by atoms with E-state index in [-0.39, 0.29) is 0 Å². The van der Waals surface area contributed by atoms with Crippen molar-refractivity contribution < 1.29 is 4.39 Å². The number of nitrogens with one attached hydrogen (secondary N) is 2. The van der Waals surface area contributed by atoms with Crippen molar-refractivity contribution in [3.63, 3.8) is 0 Å². The Morgan fingerprint density at radius 1 is 1.35 bits per heavy atom. The van der Waals surface area contributed by atoms with Crippen molar-refractivity contribution in [2.75, 3.05) is 10.7 Å². The van der Waals surface area contributed by atoms with Crippen LogP contribution in [0.15, 0.2) is 36.8 Å². The second-order valence-electron chi connectivity index (χ2n) is 4.03. The molecule has 0 saturated heterocycles. The number of hydrogen-bond donors (Lipinski definition) is 3. The summed E-state index contributed by atoms with van der Waals surface area (Å²) in [5, 5.41) is 3.33. The Balaban J connectivity index is 2.09.